The van der Waals surface area contributed by atoms with Gasteiger partial charge in [0.15, 0.2) is 0 Å². The summed E-state index contributed by atoms with van der Waals surface area (Å²) >= 11 is 0. The minimum Gasteiger partial charge on any atom is -0.268 e. The van der Waals surface area contributed by atoms with Gasteiger partial charge in [-0.25, -0.2) is 4.98 Å². The number of aromatic nitrogens is 2. The molecule has 0 spiro atoms. The largest absolute Gasteiger partial charge is 0.268 e. The van der Waals surface area contributed by atoms with Gasteiger partial charge in [0.05, 0.1) is 34.3 Å². The number of hydrogen-bond acceptors (Lipinski definition) is 4. The van der Waals surface area contributed by atoms with Crippen molar-refractivity contribution in [2.45, 2.75) is 11.8 Å². The van der Waals surface area contributed by atoms with Gasteiger partial charge in [0.25, 0.3) is 5.56 Å². The first-order chi connectivity index (χ1) is 22.2. The van der Waals surface area contributed by atoms with Gasteiger partial charge in [-0.15, -0.1) is 0 Å². The molecule has 0 N–H and O–H groups in total. The number of hydrogen-bond donors (Lipinski definition) is 0. The molecule has 45 heavy (non-hydrogen) atoms. The Kier molecular flexibility index (Phi) is 5.24. The van der Waals surface area contributed by atoms with Crippen LogP contribution in [-0.2, 0) is 0 Å². The van der Waals surface area contributed by atoms with Crippen LogP contribution in [0.5, 0.6) is 0 Å². The van der Waals surface area contributed by atoms with Gasteiger partial charge in [0.1, 0.15) is 5.65 Å². The summed E-state index contributed by atoms with van der Waals surface area (Å²) in [5.41, 5.74) is 8.90. The molecule has 1 aliphatic carbocycles. The molecule has 5 nitrogen and oxygen atoms in total. The van der Waals surface area contributed by atoms with Crippen LogP contribution in [0.15, 0.2) is 126 Å². The zero-order chi connectivity index (χ0) is 30.2. The lowest BCUT2D eigenvalue weighted by atomic mass is 9.60. The third kappa shape index (κ3) is 3.35. The molecule has 2 heterocycles. The second-order valence-corrected chi connectivity index (χ2v) is 11.6. The van der Waals surface area contributed by atoms with Crippen LogP contribution in [0.2, 0.25) is 0 Å². The second-order valence-electron chi connectivity index (χ2n) is 11.6. The highest BCUT2D eigenvalue weighted by atomic mass is 16.1. The molecule has 6 aromatic carbocycles. The van der Waals surface area contributed by atoms with Crippen molar-refractivity contribution in [3.63, 3.8) is 0 Å². The summed E-state index contributed by atoms with van der Waals surface area (Å²) in [6.07, 6.45) is 0. The van der Waals surface area contributed by atoms with Crippen LogP contribution in [0.3, 0.4) is 0 Å². The molecule has 2 unspecified atom stereocenters. The highest BCUT2D eigenvalue weighted by molar-refractivity contribution is 6.20. The number of nitriles is 2. The van der Waals surface area contributed by atoms with E-state index in [1.54, 1.807) is 4.40 Å². The lowest BCUT2D eigenvalue weighted by Crippen LogP contribution is -2.28. The van der Waals surface area contributed by atoms with E-state index >= 15 is 0 Å². The average molecular weight is 575 g/mol. The topological polar surface area (TPSA) is 81.9 Å². The SMILES string of the molecule is N#Cc1cc2c(nc3c4ccc(C#N)c5c(-c6ccccc6)ccc(c(=O)n23)c54)c2c1C(c1ccccc1)C2c1ccccc1. The summed E-state index contributed by atoms with van der Waals surface area (Å²) in [6.45, 7) is 0. The summed E-state index contributed by atoms with van der Waals surface area (Å²) in [5, 5.41) is 23.4. The van der Waals surface area contributed by atoms with Crippen LogP contribution in [-0.4, -0.2) is 9.38 Å². The maximum absolute atomic E-state index is 14.4. The molecule has 0 saturated carbocycles. The molecule has 0 saturated heterocycles. The molecule has 9 rings (SSSR count). The lowest BCUT2D eigenvalue weighted by molar-refractivity contribution is 0.610. The molecular formula is C40H22N4O. The van der Waals surface area contributed by atoms with Crippen LogP contribution in [0.25, 0.3) is 49.4 Å². The quantitative estimate of drug-likeness (QED) is 0.213. The molecule has 0 bridgehead atoms. The Balaban J connectivity index is 1.43. The average Bonchev–Trinajstić information content (AvgIpc) is 3.46. The van der Waals surface area contributed by atoms with Crippen LogP contribution in [0.4, 0.5) is 0 Å². The van der Waals surface area contributed by atoms with Gasteiger partial charge < -0.3 is 0 Å². The molecule has 0 fully saturated rings. The number of imidazole rings is 1. The predicted molar refractivity (Wildman–Crippen MR) is 177 cm³/mol. The minimum absolute atomic E-state index is 0.00988. The summed E-state index contributed by atoms with van der Waals surface area (Å²) in [6, 6.07) is 44.7. The van der Waals surface area contributed by atoms with Crippen molar-refractivity contribution in [3.8, 4) is 23.3 Å². The lowest BCUT2D eigenvalue weighted by Gasteiger charge is -2.41. The van der Waals surface area contributed by atoms with Crippen LogP contribution in [0, 0.1) is 22.7 Å². The number of benzene rings is 6. The van der Waals surface area contributed by atoms with Crippen molar-refractivity contribution in [2.75, 3.05) is 0 Å². The van der Waals surface area contributed by atoms with Crippen molar-refractivity contribution < 1.29 is 0 Å². The van der Waals surface area contributed by atoms with Crippen molar-refractivity contribution in [2.24, 2.45) is 0 Å². The highest BCUT2D eigenvalue weighted by Crippen LogP contribution is 2.57. The van der Waals surface area contributed by atoms with Gasteiger partial charge in [-0.2, -0.15) is 10.5 Å². The maximum Gasteiger partial charge on any atom is 0.264 e. The molecular weight excluding hydrogens is 552 g/mol. The van der Waals surface area contributed by atoms with E-state index in [4.69, 9.17) is 4.98 Å². The number of nitrogens with zero attached hydrogens (tertiary/aromatic N) is 4. The zero-order valence-electron chi connectivity index (χ0n) is 23.9. The Bertz CT molecular complexity index is 2630. The van der Waals surface area contributed by atoms with Crippen LogP contribution >= 0.6 is 0 Å². The molecule has 0 aliphatic heterocycles. The Morgan fingerprint density at radius 3 is 1.87 bits per heavy atom. The van der Waals surface area contributed by atoms with Gasteiger partial charge in [0.2, 0.25) is 0 Å². The molecule has 2 aromatic heterocycles. The Labute approximate surface area is 257 Å². The summed E-state index contributed by atoms with van der Waals surface area (Å²) in [5.74, 6) is -0.0381. The number of rotatable bonds is 3. The van der Waals surface area contributed by atoms with E-state index in [9.17, 15) is 15.3 Å². The predicted octanol–water partition coefficient (Wildman–Crippen LogP) is 8.28. The van der Waals surface area contributed by atoms with E-state index < -0.39 is 0 Å². The molecule has 0 amide bonds. The smallest absolute Gasteiger partial charge is 0.264 e. The first kappa shape index (κ1) is 25.2. The fourth-order valence-electron chi connectivity index (χ4n) is 7.59. The van der Waals surface area contributed by atoms with Crippen LogP contribution in [0.1, 0.15) is 45.2 Å². The minimum atomic E-state index is -0.210. The third-order valence-electron chi connectivity index (χ3n) is 9.46. The molecule has 1 aliphatic rings. The zero-order valence-corrected chi connectivity index (χ0v) is 23.9. The van der Waals surface area contributed by atoms with Gasteiger partial charge >= 0.3 is 0 Å². The van der Waals surface area contributed by atoms with Gasteiger partial charge in [-0.05, 0) is 57.6 Å². The van der Waals surface area contributed by atoms with E-state index in [1.807, 2.05) is 97.1 Å². The molecule has 0 radical (unpaired) electrons. The normalized spacial score (nSPS) is 15.6. The molecule has 5 heteroatoms. The second kappa shape index (κ2) is 9.35. The molecule has 8 aromatic rings. The Hall–Kier alpha value is -6.30. The van der Waals surface area contributed by atoms with Gasteiger partial charge in [0, 0.05) is 33.4 Å². The monoisotopic (exact) mass is 574 g/mol. The van der Waals surface area contributed by atoms with E-state index in [2.05, 4.69) is 36.4 Å². The standard InChI is InChI=1S/C40H22N4O/c41-21-26-16-17-29-36-30(19-18-28(32(26)36)23-10-4-1-5-11-23)40(45)44-31-20-27(22-42)35-33(24-12-6-2-7-13-24)34(25-14-8-3-9-15-25)37(35)38(31)43-39(29)44/h1-20,33-34H. The summed E-state index contributed by atoms with van der Waals surface area (Å²) in [4.78, 5) is 19.7. The summed E-state index contributed by atoms with van der Waals surface area (Å²) in [7, 11) is 0. The van der Waals surface area contributed by atoms with Crippen molar-refractivity contribution in [1.82, 2.24) is 9.38 Å². The van der Waals surface area contributed by atoms with Gasteiger partial charge in [-0.3, -0.25) is 9.20 Å². The number of fused-ring (bicyclic) bond motifs is 6. The van der Waals surface area contributed by atoms with Crippen molar-refractivity contribution >= 4 is 38.2 Å². The Morgan fingerprint density at radius 1 is 0.622 bits per heavy atom. The number of pyridine rings is 1. The highest BCUT2D eigenvalue weighted by Gasteiger charge is 2.44. The fraction of sp³-hybridized carbons (Fsp3) is 0.0500. The first-order valence-corrected chi connectivity index (χ1v) is 14.9. The fourth-order valence-corrected chi connectivity index (χ4v) is 7.59. The first-order valence-electron chi connectivity index (χ1n) is 14.9. The third-order valence-corrected chi connectivity index (χ3v) is 9.46. The van der Waals surface area contributed by atoms with Crippen molar-refractivity contribution in [1.29, 1.82) is 10.5 Å². The van der Waals surface area contributed by atoms with E-state index in [0.717, 1.165) is 55.1 Å². The maximum atomic E-state index is 14.4. The molecule has 208 valence electrons. The van der Waals surface area contributed by atoms with Gasteiger partial charge in [-0.1, -0.05) is 97.1 Å². The summed E-state index contributed by atoms with van der Waals surface area (Å²) < 4.78 is 1.67. The molecule has 2 atom stereocenters. The van der Waals surface area contributed by atoms with Crippen molar-refractivity contribution in [3.05, 3.63) is 165 Å². The van der Waals surface area contributed by atoms with E-state index in [-0.39, 0.29) is 17.4 Å². The van der Waals surface area contributed by atoms with E-state index in [0.29, 0.717) is 27.7 Å². The van der Waals surface area contributed by atoms with Crippen LogP contribution < -0.4 is 5.56 Å². The van der Waals surface area contributed by atoms with E-state index in [1.165, 1.54) is 0 Å². The Morgan fingerprint density at radius 2 is 1.22 bits per heavy atom.